The van der Waals surface area contributed by atoms with E-state index in [4.69, 9.17) is 5.73 Å². The molecule has 1 rings (SSSR count). The number of nitrogens with zero attached hydrogens (tertiary/aromatic N) is 2. The lowest BCUT2D eigenvalue weighted by atomic mass is 10.1. The average Bonchev–Trinajstić information content (AvgIpc) is 2.36. The Labute approximate surface area is 70.1 Å². The van der Waals surface area contributed by atoms with Crippen molar-refractivity contribution in [2.24, 2.45) is 5.73 Å². The van der Waals surface area contributed by atoms with Crippen molar-refractivity contribution in [3.8, 4) is 0 Å². The molecular weight excluding hydrogens is 158 g/mol. The standard InChI is InChI=1S/C7H11N3S/c1-3-4-6(8)7-5(2)9-10-11-7/h3,6H,1,4,8H2,2H3. The van der Waals surface area contributed by atoms with Gasteiger partial charge >= 0.3 is 0 Å². The summed E-state index contributed by atoms with van der Waals surface area (Å²) >= 11 is 1.36. The van der Waals surface area contributed by atoms with Gasteiger partial charge in [-0.15, -0.1) is 11.7 Å². The average molecular weight is 169 g/mol. The molecule has 0 radical (unpaired) electrons. The van der Waals surface area contributed by atoms with E-state index < -0.39 is 0 Å². The largest absolute Gasteiger partial charge is 0.323 e. The molecule has 60 valence electrons. The van der Waals surface area contributed by atoms with E-state index >= 15 is 0 Å². The molecule has 4 heteroatoms. The van der Waals surface area contributed by atoms with Gasteiger partial charge in [0.15, 0.2) is 0 Å². The maximum Gasteiger partial charge on any atom is 0.0772 e. The summed E-state index contributed by atoms with van der Waals surface area (Å²) in [6, 6.07) is 0.0208. The summed E-state index contributed by atoms with van der Waals surface area (Å²) in [4.78, 5) is 1.06. The van der Waals surface area contributed by atoms with Gasteiger partial charge in [-0.2, -0.15) is 0 Å². The summed E-state index contributed by atoms with van der Waals surface area (Å²) in [5.74, 6) is 0. The van der Waals surface area contributed by atoms with E-state index in [0.717, 1.165) is 17.0 Å². The molecule has 0 amide bonds. The first kappa shape index (κ1) is 8.36. The number of rotatable bonds is 3. The Morgan fingerprint density at radius 2 is 2.55 bits per heavy atom. The van der Waals surface area contributed by atoms with Crippen LogP contribution in [-0.2, 0) is 0 Å². The van der Waals surface area contributed by atoms with Crippen LogP contribution in [0.25, 0.3) is 0 Å². The van der Waals surface area contributed by atoms with Gasteiger partial charge in [0.05, 0.1) is 10.6 Å². The minimum atomic E-state index is 0.0208. The van der Waals surface area contributed by atoms with Crippen molar-refractivity contribution in [3.63, 3.8) is 0 Å². The van der Waals surface area contributed by atoms with Crippen LogP contribution in [0.3, 0.4) is 0 Å². The molecule has 0 aliphatic heterocycles. The van der Waals surface area contributed by atoms with E-state index in [9.17, 15) is 0 Å². The maximum absolute atomic E-state index is 5.81. The number of nitrogens with two attached hydrogens (primary N) is 1. The van der Waals surface area contributed by atoms with Crippen molar-refractivity contribution in [2.45, 2.75) is 19.4 Å². The molecule has 0 aliphatic carbocycles. The van der Waals surface area contributed by atoms with Crippen molar-refractivity contribution in [1.29, 1.82) is 0 Å². The smallest absolute Gasteiger partial charge is 0.0772 e. The fraction of sp³-hybridized carbons (Fsp3) is 0.429. The molecule has 0 saturated heterocycles. The fourth-order valence-electron chi connectivity index (χ4n) is 0.864. The molecule has 0 bridgehead atoms. The van der Waals surface area contributed by atoms with Gasteiger partial charge in [0.1, 0.15) is 0 Å². The van der Waals surface area contributed by atoms with Crippen molar-refractivity contribution in [2.75, 3.05) is 0 Å². The molecule has 1 unspecified atom stereocenters. The van der Waals surface area contributed by atoms with Gasteiger partial charge in [-0.1, -0.05) is 10.6 Å². The van der Waals surface area contributed by atoms with Crippen LogP contribution in [0.1, 0.15) is 23.0 Å². The third kappa shape index (κ3) is 1.85. The van der Waals surface area contributed by atoms with Gasteiger partial charge in [-0.05, 0) is 24.9 Å². The van der Waals surface area contributed by atoms with Crippen LogP contribution in [0.4, 0.5) is 0 Å². The Bertz CT molecular complexity index is 244. The van der Waals surface area contributed by atoms with Gasteiger partial charge < -0.3 is 5.73 Å². The molecule has 0 aliphatic rings. The van der Waals surface area contributed by atoms with E-state index in [-0.39, 0.29) is 6.04 Å². The highest BCUT2D eigenvalue weighted by atomic mass is 32.1. The molecule has 0 aromatic carbocycles. The van der Waals surface area contributed by atoms with Crippen molar-refractivity contribution in [3.05, 3.63) is 23.2 Å². The van der Waals surface area contributed by atoms with Crippen LogP contribution >= 0.6 is 11.5 Å². The molecule has 0 saturated carbocycles. The minimum Gasteiger partial charge on any atom is -0.323 e. The SMILES string of the molecule is C=CCC(N)c1snnc1C. The summed E-state index contributed by atoms with van der Waals surface area (Å²) in [7, 11) is 0. The maximum atomic E-state index is 5.81. The van der Waals surface area contributed by atoms with Gasteiger partial charge in [0.25, 0.3) is 0 Å². The third-order valence-corrected chi connectivity index (χ3v) is 2.40. The normalized spacial score (nSPS) is 12.9. The molecular formula is C7H11N3S. The lowest BCUT2D eigenvalue weighted by Gasteiger charge is -2.04. The molecule has 1 aromatic rings. The lowest BCUT2D eigenvalue weighted by Crippen LogP contribution is -2.08. The highest BCUT2D eigenvalue weighted by molar-refractivity contribution is 7.05. The van der Waals surface area contributed by atoms with Crippen molar-refractivity contribution < 1.29 is 0 Å². The number of aromatic nitrogens is 2. The lowest BCUT2D eigenvalue weighted by molar-refractivity contribution is 0.748. The van der Waals surface area contributed by atoms with Gasteiger partial charge in [0.2, 0.25) is 0 Å². The first-order chi connectivity index (χ1) is 5.25. The molecule has 1 heterocycles. The summed E-state index contributed by atoms with van der Waals surface area (Å²) in [5.41, 5.74) is 6.74. The molecule has 11 heavy (non-hydrogen) atoms. The third-order valence-electron chi connectivity index (χ3n) is 1.44. The van der Waals surface area contributed by atoms with Crippen LogP contribution < -0.4 is 5.73 Å². The van der Waals surface area contributed by atoms with Crippen LogP contribution in [0, 0.1) is 6.92 Å². The zero-order chi connectivity index (χ0) is 8.27. The molecule has 1 aromatic heterocycles. The van der Waals surface area contributed by atoms with E-state index in [1.165, 1.54) is 11.5 Å². The van der Waals surface area contributed by atoms with Crippen LogP contribution in [0.15, 0.2) is 12.7 Å². The first-order valence-corrected chi connectivity index (χ1v) is 4.18. The minimum absolute atomic E-state index is 0.0208. The predicted molar refractivity (Wildman–Crippen MR) is 46.4 cm³/mol. The number of aryl methyl sites for hydroxylation is 1. The fourth-order valence-corrected chi connectivity index (χ4v) is 1.52. The Morgan fingerprint density at radius 3 is 3.00 bits per heavy atom. The zero-order valence-electron chi connectivity index (χ0n) is 6.45. The molecule has 3 nitrogen and oxygen atoms in total. The Morgan fingerprint density at radius 1 is 1.82 bits per heavy atom. The highest BCUT2D eigenvalue weighted by Crippen LogP contribution is 2.19. The van der Waals surface area contributed by atoms with Crippen LogP contribution in [0.2, 0.25) is 0 Å². The summed E-state index contributed by atoms with van der Waals surface area (Å²) in [6.45, 7) is 5.54. The van der Waals surface area contributed by atoms with Gasteiger partial charge in [-0.3, -0.25) is 0 Å². The predicted octanol–water partition coefficient (Wildman–Crippen LogP) is 1.42. The molecule has 2 N–H and O–H groups in total. The van der Waals surface area contributed by atoms with Crippen molar-refractivity contribution >= 4 is 11.5 Å². The molecule has 0 spiro atoms. The van der Waals surface area contributed by atoms with E-state index in [1.54, 1.807) is 0 Å². The van der Waals surface area contributed by atoms with E-state index in [0.29, 0.717) is 0 Å². The molecule has 0 fully saturated rings. The van der Waals surface area contributed by atoms with Gasteiger partial charge in [0, 0.05) is 6.04 Å². The van der Waals surface area contributed by atoms with Crippen LogP contribution in [-0.4, -0.2) is 9.59 Å². The summed E-state index contributed by atoms with van der Waals surface area (Å²) < 4.78 is 3.80. The molecule has 1 atom stereocenters. The second kappa shape index (κ2) is 3.59. The summed E-state index contributed by atoms with van der Waals surface area (Å²) in [5, 5.41) is 3.87. The second-order valence-electron chi connectivity index (χ2n) is 2.35. The quantitative estimate of drug-likeness (QED) is 0.696. The number of hydrogen-bond donors (Lipinski definition) is 1. The Balaban J connectivity index is 2.74. The van der Waals surface area contributed by atoms with E-state index in [1.807, 2.05) is 13.0 Å². The topological polar surface area (TPSA) is 51.8 Å². The first-order valence-electron chi connectivity index (χ1n) is 3.41. The Kier molecular flexibility index (Phi) is 2.73. The van der Waals surface area contributed by atoms with Gasteiger partial charge in [-0.25, -0.2) is 0 Å². The van der Waals surface area contributed by atoms with Crippen LogP contribution in [0.5, 0.6) is 0 Å². The monoisotopic (exact) mass is 169 g/mol. The summed E-state index contributed by atoms with van der Waals surface area (Å²) in [6.07, 6.45) is 2.59. The zero-order valence-corrected chi connectivity index (χ0v) is 7.27. The van der Waals surface area contributed by atoms with Crippen molar-refractivity contribution in [1.82, 2.24) is 9.59 Å². The Hall–Kier alpha value is -0.740. The number of hydrogen-bond acceptors (Lipinski definition) is 4. The highest BCUT2D eigenvalue weighted by Gasteiger charge is 2.10. The van der Waals surface area contributed by atoms with E-state index in [2.05, 4.69) is 16.2 Å². The second-order valence-corrected chi connectivity index (χ2v) is 3.14.